The van der Waals surface area contributed by atoms with Crippen molar-refractivity contribution in [2.45, 2.75) is 93.6 Å². The summed E-state index contributed by atoms with van der Waals surface area (Å²) in [5.41, 5.74) is 12.7. The highest BCUT2D eigenvalue weighted by Gasteiger charge is 2.70. The maximum atomic E-state index is 14.2. The lowest BCUT2D eigenvalue weighted by molar-refractivity contribution is -0.315. The Hall–Kier alpha value is -5.03. The number of benzene rings is 2. The topological polar surface area (TPSA) is 237 Å². The van der Waals surface area contributed by atoms with Gasteiger partial charge in [-0.25, -0.2) is 4.79 Å². The number of hydrogen-bond acceptors (Lipinski definition) is 9. The number of likely N-dealkylation sites (tertiary alicyclic amines) is 1. The average molecular weight is 759 g/mol. The van der Waals surface area contributed by atoms with Crippen molar-refractivity contribution in [1.82, 2.24) is 30.3 Å². The number of ether oxygens (including phenoxy) is 1. The van der Waals surface area contributed by atoms with Gasteiger partial charge in [0.25, 0.3) is 11.8 Å². The minimum Gasteiger partial charge on any atom is -0.480 e. The first-order chi connectivity index (χ1) is 26.2. The van der Waals surface area contributed by atoms with Crippen LogP contribution in [-0.4, -0.2) is 122 Å². The Morgan fingerprint density at radius 3 is 2.62 bits per heavy atom. The monoisotopic (exact) mass is 758 g/mol. The Morgan fingerprint density at radius 1 is 1.13 bits per heavy atom. The standard InChI is InChI=1S/C33H37N5O5.C6H13N3O3/c1-32(35-29(39)21-15-23-22-10-6-11-24-28(22)20(17-34-24)16-25(23)36(2)18-21)31(41)38-26(14-19-8-4-3-5-9-19)30(40)37-13-7-12-27(37)33(38,42)43-32;7-4(5(10)11)2-1-3-9-6(8)12/h3-6,8-11,17,21,23,25-27,34,42H,7,12-16,18H2,1-2H3,(H,35,39);4H,1-3,7H2,(H,10,11)(H3,8,9,12)/t21-,23-,25-,26+,27+,32-,33+;4-/m10/s1. The number of piperidine rings is 1. The van der Waals surface area contributed by atoms with Crippen LogP contribution >= 0.6 is 0 Å². The van der Waals surface area contributed by atoms with Crippen LogP contribution in [0.2, 0.25) is 0 Å². The van der Waals surface area contributed by atoms with E-state index in [1.165, 1.54) is 28.3 Å². The molecule has 3 aromatic rings. The number of hydrogen-bond donors (Lipinski definition) is 7. The average Bonchev–Trinajstić information content (AvgIpc) is 3.87. The third-order valence-corrected chi connectivity index (χ3v) is 11.9. The quantitative estimate of drug-likeness (QED) is 0.153. The molecule has 1 aliphatic carbocycles. The van der Waals surface area contributed by atoms with E-state index in [4.69, 9.17) is 21.3 Å². The first-order valence-electron chi connectivity index (χ1n) is 19.0. The van der Waals surface area contributed by atoms with E-state index in [0.717, 1.165) is 17.5 Å². The van der Waals surface area contributed by atoms with Gasteiger partial charge >= 0.3 is 12.0 Å². The van der Waals surface area contributed by atoms with E-state index in [0.29, 0.717) is 51.7 Å². The van der Waals surface area contributed by atoms with Crippen LogP contribution in [0, 0.1) is 5.92 Å². The maximum absolute atomic E-state index is 14.2. The Labute approximate surface area is 318 Å². The predicted molar refractivity (Wildman–Crippen MR) is 200 cm³/mol. The van der Waals surface area contributed by atoms with Crippen LogP contribution in [0.1, 0.15) is 61.6 Å². The number of carboxylic acids is 1. The molecule has 8 atom stereocenters. The minimum atomic E-state index is -2.03. The summed E-state index contributed by atoms with van der Waals surface area (Å²) in [6.07, 6.45) is 5.97. The van der Waals surface area contributed by atoms with E-state index in [9.17, 15) is 29.1 Å². The highest BCUT2D eigenvalue weighted by molar-refractivity contribution is 5.97. The van der Waals surface area contributed by atoms with Gasteiger partial charge in [-0.3, -0.25) is 28.8 Å². The number of amides is 5. The summed E-state index contributed by atoms with van der Waals surface area (Å²) in [6.45, 7) is 2.91. The minimum absolute atomic E-state index is 0.171. The van der Waals surface area contributed by atoms with Gasteiger partial charge in [-0.15, -0.1) is 0 Å². The first-order valence-corrected chi connectivity index (χ1v) is 19.0. The number of rotatable bonds is 9. The van der Waals surface area contributed by atoms with Gasteiger partial charge in [0.1, 0.15) is 18.1 Å². The fourth-order valence-electron chi connectivity index (χ4n) is 9.31. The van der Waals surface area contributed by atoms with E-state index in [2.05, 4.69) is 52.0 Å². The number of carbonyl (C=O) groups is 5. The van der Waals surface area contributed by atoms with Gasteiger partial charge in [-0.2, -0.15) is 0 Å². The molecule has 0 bridgehead atoms. The van der Waals surface area contributed by atoms with Crippen molar-refractivity contribution in [1.29, 1.82) is 0 Å². The Bertz CT molecular complexity index is 1970. The van der Waals surface area contributed by atoms with Crippen LogP contribution in [0.15, 0.2) is 54.7 Å². The lowest BCUT2D eigenvalue weighted by Gasteiger charge is -2.48. The molecule has 16 nitrogen and oxygen atoms in total. The molecule has 4 saturated heterocycles. The van der Waals surface area contributed by atoms with Gasteiger partial charge in [-0.05, 0) is 75.3 Å². The van der Waals surface area contributed by atoms with Crippen LogP contribution < -0.4 is 22.1 Å². The lowest BCUT2D eigenvalue weighted by atomic mass is 9.72. The zero-order chi connectivity index (χ0) is 39.2. The number of piperazine rings is 1. The predicted octanol–water partition coefficient (Wildman–Crippen LogP) is 0.928. The number of urea groups is 1. The smallest absolute Gasteiger partial charge is 0.320 e. The fraction of sp³-hybridized carbons (Fsp3) is 0.513. The zero-order valence-electron chi connectivity index (χ0n) is 31.1. The maximum Gasteiger partial charge on any atom is 0.320 e. The van der Waals surface area contributed by atoms with Crippen molar-refractivity contribution in [3.8, 4) is 0 Å². The second-order valence-electron chi connectivity index (χ2n) is 15.6. The normalized spacial score (nSPS) is 30.1. The molecular formula is C39H50N8O8. The molecule has 4 fully saturated rings. The molecule has 5 heterocycles. The van der Waals surface area contributed by atoms with Crippen LogP contribution in [-0.2, 0) is 36.8 Å². The summed E-state index contributed by atoms with van der Waals surface area (Å²) in [6, 6.07) is 13.0. The first kappa shape index (κ1) is 38.3. The molecule has 1 aromatic heterocycles. The number of carbonyl (C=O) groups excluding carboxylic acids is 4. The van der Waals surface area contributed by atoms with Crippen LogP contribution in [0.5, 0.6) is 0 Å². The molecule has 0 radical (unpaired) electrons. The summed E-state index contributed by atoms with van der Waals surface area (Å²) >= 11 is 0. The second-order valence-corrected chi connectivity index (χ2v) is 15.6. The molecule has 5 aliphatic rings. The lowest BCUT2D eigenvalue weighted by Crippen LogP contribution is -2.71. The van der Waals surface area contributed by atoms with Crippen molar-refractivity contribution < 1.29 is 38.9 Å². The van der Waals surface area contributed by atoms with E-state index >= 15 is 0 Å². The molecule has 0 saturated carbocycles. The zero-order valence-corrected chi connectivity index (χ0v) is 31.1. The molecule has 16 heteroatoms. The summed E-state index contributed by atoms with van der Waals surface area (Å²) < 4.78 is 6.25. The summed E-state index contributed by atoms with van der Waals surface area (Å²) in [4.78, 5) is 70.7. The third-order valence-electron chi connectivity index (χ3n) is 11.9. The largest absolute Gasteiger partial charge is 0.480 e. The van der Waals surface area contributed by atoms with Crippen molar-refractivity contribution in [3.63, 3.8) is 0 Å². The van der Waals surface area contributed by atoms with Crippen molar-refractivity contribution in [2.75, 3.05) is 26.7 Å². The summed E-state index contributed by atoms with van der Waals surface area (Å²) in [5.74, 6) is -4.34. The number of nitrogens with one attached hydrogen (secondary N) is 3. The number of aromatic amines is 1. The number of aliphatic carboxylic acids is 1. The van der Waals surface area contributed by atoms with Crippen LogP contribution in [0.4, 0.5) is 4.79 Å². The van der Waals surface area contributed by atoms with Gasteiger partial charge in [0, 0.05) is 55.1 Å². The summed E-state index contributed by atoms with van der Waals surface area (Å²) in [5, 5.41) is 26.9. The molecule has 2 aromatic carbocycles. The van der Waals surface area contributed by atoms with Crippen LogP contribution in [0.25, 0.3) is 10.9 Å². The number of aliphatic hydroxyl groups is 1. The molecular weight excluding hydrogens is 708 g/mol. The van der Waals surface area contributed by atoms with E-state index in [1.807, 2.05) is 30.3 Å². The van der Waals surface area contributed by atoms with Crippen molar-refractivity contribution in [3.05, 3.63) is 71.4 Å². The highest BCUT2D eigenvalue weighted by Crippen LogP contribution is 2.47. The fourth-order valence-corrected chi connectivity index (χ4v) is 9.31. The van der Waals surface area contributed by atoms with Crippen molar-refractivity contribution >= 4 is 40.6 Å². The Balaban J connectivity index is 0.000000337. The van der Waals surface area contributed by atoms with Crippen molar-refractivity contribution in [2.24, 2.45) is 17.4 Å². The number of likely N-dealkylation sites (N-methyl/N-ethyl adjacent to an activating group) is 1. The summed E-state index contributed by atoms with van der Waals surface area (Å²) in [7, 11) is 2.06. The number of nitrogens with two attached hydrogens (primary N) is 2. The van der Waals surface area contributed by atoms with E-state index in [-0.39, 0.29) is 36.1 Å². The SMILES string of the molecule is CN1C[C@H](C(=O)N[C@]2(C)O[C@@]3(O)[C@@H]4CCCN4C(=O)[C@H](Cc4ccccc4)N3C2=O)C[C@@H]2c3cccc4[nH]cc(c34)C[C@H]21.NC(=O)NCCC[C@H](N)C(=O)O. The molecule has 55 heavy (non-hydrogen) atoms. The second kappa shape index (κ2) is 14.9. The third kappa shape index (κ3) is 7.03. The van der Waals surface area contributed by atoms with Gasteiger partial charge in [0.15, 0.2) is 0 Å². The number of aromatic nitrogens is 1. The molecule has 5 amide bonds. The number of H-pyrrole nitrogens is 1. The molecule has 9 N–H and O–H groups in total. The van der Waals surface area contributed by atoms with Gasteiger partial charge < -0.3 is 47.1 Å². The molecule has 0 unspecified atom stereocenters. The Kier molecular flexibility index (Phi) is 10.4. The molecule has 0 spiro atoms. The van der Waals surface area contributed by atoms with Crippen LogP contribution in [0.3, 0.4) is 0 Å². The Morgan fingerprint density at radius 2 is 1.89 bits per heavy atom. The number of fused-ring (bicyclic) bond motifs is 5. The molecule has 294 valence electrons. The van der Waals surface area contributed by atoms with Gasteiger partial charge in [0.05, 0.1) is 5.92 Å². The van der Waals surface area contributed by atoms with E-state index in [1.54, 1.807) is 4.90 Å². The number of nitrogens with zero attached hydrogens (tertiary/aromatic N) is 3. The number of primary amides is 1. The molecule has 4 aliphatic heterocycles. The molecule has 8 rings (SSSR count). The highest BCUT2D eigenvalue weighted by atomic mass is 16.7. The van der Waals surface area contributed by atoms with Gasteiger partial charge in [0.2, 0.25) is 17.5 Å². The number of carboxylic acid groups (broad SMARTS) is 1. The van der Waals surface area contributed by atoms with E-state index < -0.39 is 47.7 Å². The van der Waals surface area contributed by atoms with Gasteiger partial charge in [-0.1, -0.05) is 42.5 Å².